The predicted molar refractivity (Wildman–Crippen MR) is 52.7 cm³/mol. The van der Waals surface area contributed by atoms with Gasteiger partial charge in [0.1, 0.15) is 0 Å². The van der Waals surface area contributed by atoms with Gasteiger partial charge in [0.15, 0.2) is 0 Å². The fourth-order valence-corrected chi connectivity index (χ4v) is 1.76. The maximum Gasteiger partial charge on any atom is -0.0183 e. The van der Waals surface area contributed by atoms with Crippen molar-refractivity contribution in [2.75, 3.05) is 0 Å². The molecule has 1 atom stereocenters. The second-order valence-corrected chi connectivity index (χ2v) is 4.22. The van der Waals surface area contributed by atoms with Crippen LogP contribution in [0.2, 0.25) is 0 Å². The molecule has 0 aromatic heterocycles. The van der Waals surface area contributed by atoms with Gasteiger partial charge in [0.05, 0.1) is 0 Å². The number of rotatable bonds is 0. The van der Waals surface area contributed by atoms with Gasteiger partial charge in [-0.15, -0.1) is 0 Å². The topological polar surface area (TPSA) is 0 Å². The number of allylic oxidation sites excluding steroid dienone is 1. The van der Waals surface area contributed by atoms with Crippen LogP contribution in [-0.4, -0.2) is 0 Å². The zero-order valence-corrected chi connectivity index (χ0v) is 7.41. The molecule has 1 aliphatic carbocycles. The molecule has 1 rings (SSSR count). The third-order valence-electron chi connectivity index (χ3n) is 3.10. The highest BCUT2D eigenvalue weighted by Crippen LogP contribution is 2.42. The maximum atomic E-state index is 4.09. The summed E-state index contributed by atoms with van der Waals surface area (Å²) in [5.74, 6) is 0.723. The lowest BCUT2D eigenvalue weighted by atomic mass is 9.68. The Morgan fingerprint density at radius 2 is 2.00 bits per heavy atom. The molecule has 0 heterocycles. The summed E-state index contributed by atoms with van der Waals surface area (Å²) in [4.78, 5) is 0. The van der Waals surface area contributed by atoms with E-state index in [2.05, 4.69) is 27.4 Å². The van der Waals surface area contributed by atoms with Crippen LogP contribution in [0.3, 0.4) is 0 Å². The van der Waals surface area contributed by atoms with Crippen molar-refractivity contribution in [1.29, 1.82) is 0 Å². The molecule has 0 bridgehead atoms. The highest BCUT2D eigenvalue weighted by atomic mass is 14.4. The van der Waals surface area contributed by atoms with E-state index in [1.807, 2.05) is 0 Å². The summed E-state index contributed by atoms with van der Waals surface area (Å²) >= 11 is 0. The molecule has 1 aliphatic rings. The Hall–Kier alpha value is -0.260. The SMILES string of the molecule is C.C=C1CCCC(C)(C)C1C. The normalized spacial score (nSPS) is 29.4. The smallest absolute Gasteiger partial charge is 0.0183 e. The molecule has 0 aromatic carbocycles. The molecule has 0 aliphatic heterocycles. The first kappa shape index (κ1) is 10.7. The van der Waals surface area contributed by atoms with Crippen molar-refractivity contribution in [1.82, 2.24) is 0 Å². The van der Waals surface area contributed by atoms with Gasteiger partial charge < -0.3 is 0 Å². The Labute approximate surface area is 71.7 Å². The Morgan fingerprint density at radius 1 is 1.45 bits per heavy atom. The van der Waals surface area contributed by atoms with Gasteiger partial charge in [0.25, 0.3) is 0 Å². The molecule has 66 valence electrons. The minimum absolute atomic E-state index is 0. The van der Waals surface area contributed by atoms with Gasteiger partial charge in [-0.05, 0) is 30.6 Å². The quantitative estimate of drug-likeness (QED) is 0.462. The molecule has 0 saturated heterocycles. The van der Waals surface area contributed by atoms with Gasteiger partial charge in [-0.2, -0.15) is 0 Å². The van der Waals surface area contributed by atoms with Gasteiger partial charge in [-0.25, -0.2) is 0 Å². The Morgan fingerprint density at radius 3 is 2.36 bits per heavy atom. The Kier molecular flexibility index (Phi) is 3.34. The Bertz CT molecular complexity index is 142. The van der Waals surface area contributed by atoms with Crippen LogP contribution in [0.15, 0.2) is 12.2 Å². The molecule has 1 fully saturated rings. The van der Waals surface area contributed by atoms with E-state index in [0.717, 1.165) is 5.92 Å². The van der Waals surface area contributed by atoms with Crippen molar-refractivity contribution in [3.63, 3.8) is 0 Å². The minimum Gasteiger partial charge on any atom is -0.0996 e. The standard InChI is InChI=1S/C10H18.CH4/c1-8-6-5-7-10(3,4)9(8)2;/h9H,1,5-7H2,2-4H3;1H4. The van der Waals surface area contributed by atoms with E-state index >= 15 is 0 Å². The molecular formula is C11H22. The van der Waals surface area contributed by atoms with Crippen LogP contribution in [0.4, 0.5) is 0 Å². The lowest BCUT2D eigenvalue weighted by Gasteiger charge is -2.37. The molecular weight excluding hydrogens is 132 g/mol. The molecule has 0 nitrogen and oxygen atoms in total. The summed E-state index contributed by atoms with van der Waals surface area (Å²) in [6.07, 6.45) is 3.97. The molecule has 0 amide bonds. The summed E-state index contributed by atoms with van der Waals surface area (Å²) < 4.78 is 0. The van der Waals surface area contributed by atoms with Crippen molar-refractivity contribution >= 4 is 0 Å². The van der Waals surface area contributed by atoms with E-state index in [-0.39, 0.29) is 7.43 Å². The van der Waals surface area contributed by atoms with Crippen molar-refractivity contribution in [2.45, 2.75) is 47.5 Å². The molecule has 0 spiro atoms. The van der Waals surface area contributed by atoms with Gasteiger partial charge in [0, 0.05) is 0 Å². The largest absolute Gasteiger partial charge is 0.0996 e. The first-order valence-electron chi connectivity index (χ1n) is 4.22. The third kappa shape index (κ3) is 2.08. The van der Waals surface area contributed by atoms with Crippen LogP contribution >= 0.6 is 0 Å². The zero-order chi connectivity index (χ0) is 7.78. The average Bonchev–Trinajstić information content (AvgIpc) is 1.83. The molecule has 11 heavy (non-hydrogen) atoms. The monoisotopic (exact) mass is 154 g/mol. The van der Waals surface area contributed by atoms with Gasteiger partial charge in [0.2, 0.25) is 0 Å². The second kappa shape index (κ2) is 3.42. The first-order chi connectivity index (χ1) is 4.54. The predicted octanol–water partition coefficient (Wildman–Crippen LogP) is 4.02. The lowest BCUT2D eigenvalue weighted by Crippen LogP contribution is -2.26. The molecule has 0 N–H and O–H groups in total. The molecule has 0 radical (unpaired) electrons. The molecule has 0 aromatic rings. The highest BCUT2D eigenvalue weighted by molar-refractivity contribution is 5.07. The van der Waals surface area contributed by atoms with Crippen molar-refractivity contribution in [2.24, 2.45) is 11.3 Å². The average molecular weight is 154 g/mol. The van der Waals surface area contributed by atoms with Crippen LogP contribution in [0.5, 0.6) is 0 Å². The first-order valence-corrected chi connectivity index (χ1v) is 4.22. The molecule has 1 unspecified atom stereocenters. The second-order valence-electron chi connectivity index (χ2n) is 4.22. The van der Waals surface area contributed by atoms with E-state index in [9.17, 15) is 0 Å². The number of hydrogen-bond acceptors (Lipinski definition) is 0. The fraction of sp³-hybridized carbons (Fsp3) is 0.818. The van der Waals surface area contributed by atoms with Crippen molar-refractivity contribution < 1.29 is 0 Å². The minimum atomic E-state index is 0. The van der Waals surface area contributed by atoms with E-state index in [4.69, 9.17) is 0 Å². The van der Waals surface area contributed by atoms with Crippen molar-refractivity contribution in [3.8, 4) is 0 Å². The van der Waals surface area contributed by atoms with Crippen LogP contribution in [-0.2, 0) is 0 Å². The van der Waals surface area contributed by atoms with E-state index in [1.54, 1.807) is 0 Å². The highest BCUT2D eigenvalue weighted by Gasteiger charge is 2.30. The zero-order valence-electron chi connectivity index (χ0n) is 7.41. The van der Waals surface area contributed by atoms with Gasteiger partial charge in [-0.3, -0.25) is 0 Å². The summed E-state index contributed by atoms with van der Waals surface area (Å²) in [7, 11) is 0. The van der Waals surface area contributed by atoms with Crippen LogP contribution in [0.25, 0.3) is 0 Å². The van der Waals surface area contributed by atoms with Crippen LogP contribution in [0, 0.1) is 11.3 Å². The summed E-state index contributed by atoms with van der Waals surface area (Å²) in [5, 5.41) is 0. The third-order valence-corrected chi connectivity index (χ3v) is 3.10. The van der Waals surface area contributed by atoms with E-state index in [1.165, 1.54) is 24.8 Å². The van der Waals surface area contributed by atoms with Gasteiger partial charge in [-0.1, -0.05) is 40.3 Å². The summed E-state index contributed by atoms with van der Waals surface area (Å²) in [6.45, 7) is 11.1. The lowest BCUT2D eigenvalue weighted by molar-refractivity contribution is 0.206. The fourth-order valence-electron chi connectivity index (χ4n) is 1.76. The van der Waals surface area contributed by atoms with Crippen LogP contribution < -0.4 is 0 Å². The molecule has 0 heteroatoms. The number of hydrogen-bond donors (Lipinski definition) is 0. The van der Waals surface area contributed by atoms with E-state index in [0.29, 0.717) is 5.41 Å². The summed E-state index contributed by atoms with van der Waals surface area (Å²) in [6, 6.07) is 0. The van der Waals surface area contributed by atoms with E-state index < -0.39 is 0 Å². The van der Waals surface area contributed by atoms with Crippen molar-refractivity contribution in [3.05, 3.63) is 12.2 Å². The Balaban J connectivity index is 0.000001000. The summed E-state index contributed by atoms with van der Waals surface area (Å²) in [5.41, 5.74) is 1.96. The molecule has 1 saturated carbocycles. The maximum absolute atomic E-state index is 4.09. The van der Waals surface area contributed by atoms with Crippen LogP contribution in [0.1, 0.15) is 47.5 Å². The van der Waals surface area contributed by atoms with Gasteiger partial charge >= 0.3 is 0 Å².